The molecular formula is C58H66N8O4. The fourth-order valence-electron chi connectivity index (χ4n) is 10.9. The number of hydrogen-bond acceptors (Lipinski definition) is 8. The zero-order valence-corrected chi connectivity index (χ0v) is 40.5. The maximum absolute atomic E-state index is 13.6. The number of carbonyl (C=O) groups is 2. The van der Waals surface area contributed by atoms with E-state index in [0.29, 0.717) is 29.4 Å². The number of benzene rings is 4. The Morgan fingerprint density at radius 2 is 1.03 bits per heavy atom. The maximum Gasteiger partial charge on any atom is 0.254 e. The summed E-state index contributed by atoms with van der Waals surface area (Å²) in [7, 11) is 1.77. The van der Waals surface area contributed by atoms with Crippen LogP contribution in [-0.2, 0) is 30.4 Å². The van der Waals surface area contributed by atoms with E-state index in [4.69, 9.17) is 25.2 Å². The Hall–Kier alpha value is -6.86. The van der Waals surface area contributed by atoms with Crippen LogP contribution < -0.4 is 0 Å². The maximum atomic E-state index is 13.6. The largest absolute Gasteiger partial charge is 0.393 e. The van der Waals surface area contributed by atoms with Gasteiger partial charge in [0.15, 0.2) is 0 Å². The Morgan fingerprint density at radius 1 is 0.614 bits per heavy atom. The number of amides is 2. The lowest BCUT2D eigenvalue weighted by molar-refractivity contribution is 0.0704. The molecule has 3 N–H and O–H groups in total. The van der Waals surface area contributed by atoms with Crippen LogP contribution in [0.1, 0.15) is 146 Å². The summed E-state index contributed by atoms with van der Waals surface area (Å²) in [5, 5.41) is 28.0. The number of aromatic amines is 2. The van der Waals surface area contributed by atoms with E-state index >= 15 is 0 Å². The number of aliphatic hydroxyl groups is 1. The van der Waals surface area contributed by atoms with Gasteiger partial charge in [-0.2, -0.15) is 10.5 Å². The van der Waals surface area contributed by atoms with Crippen LogP contribution in [0.15, 0.2) is 72.8 Å². The molecule has 4 aliphatic rings. The predicted octanol–water partition coefficient (Wildman–Crippen LogP) is 10.2. The Balaban J connectivity index is 0.000000186. The van der Waals surface area contributed by atoms with Crippen molar-refractivity contribution < 1.29 is 19.4 Å². The molecular weight excluding hydrogens is 873 g/mol. The number of aryl methyl sites for hydroxylation is 6. The molecule has 12 nitrogen and oxygen atoms in total. The molecule has 0 radical (unpaired) electrons. The number of carbonyl (C=O) groups excluding carboxylic acids is 2. The molecule has 4 aromatic carbocycles. The molecule has 2 atom stereocenters. The molecule has 2 fully saturated rings. The summed E-state index contributed by atoms with van der Waals surface area (Å²) in [5.74, 6) is 2.63. The Labute approximate surface area is 412 Å². The van der Waals surface area contributed by atoms with Crippen molar-refractivity contribution in [3.05, 3.63) is 151 Å². The first kappa shape index (κ1) is 49.6. The van der Waals surface area contributed by atoms with E-state index < -0.39 is 0 Å². The van der Waals surface area contributed by atoms with Gasteiger partial charge in [0, 0.05) is 79.8 Å². The van der Waals surface area contributed by atoms with Crippen molar-refractivity contribution in [3.63, 3.8) is 0 Å². The van der Waals surface area contributed by atoms with Gasteiger partial charge in [-0.25, -0.2) is 9.97 Å². The number of nitrogens with one attached hydrogen (secondary N) is 2. The third-order valence-corrected chi connectivity index (χ3v) is 15.1. The van der Waals surface area contributed by atoms with Gasteiger partial charge in [0.2, 0.25) is 0 Å². The van der Waals surface area contributed by atoms with E-state index in [1.165, 1.54) is 11.1 Å². The third kappa shape index (κ3) is 10.5. The lowest BCUT2D eigenvalue weighted by Gasteiger charge is -2.32. The van der Waals surface area contributed by atoms with Crippen molar-refractivity contribution in [3.8, 4) is 34.9 Å². The second-order valence-corrected chi connectivity index (χ2v) is 19.6. The molecule has 70 heavy (non-hydrogen) atoms. The van der Waals surface area contributed by atoms with Gasteiger partial charge in [-0.15, -0.1) is 0 Å². The zero-order chi connectivity index (χ0) is 48.3. The third-order valence-electron chi connectivity index (χ3n) is 15.1. The van der Waals surface area contributed by atoms with E-state index in [0.717, 1.165) is 163 Å². The molecule has 4 heterocycles. The van der Waals surface area contributed by atoms with E-state index in [9.17, 15) is 14.7 Å². The number of piperidine rings is 2. The lowest BCUT2D eigenvalue weighted by Crippen LogP contribution is -2.38. The molecule has 2 aromatic heterocycles. The fraction of sp³-hybridized carbons (Fsp3) is 0.414. The highest BCUT2D eigenvalue weighted by atomic mass is 16.5. The number of fused-ring (bicyclic) bond motifs is 2. The monoisotopic (exact) mass is 939 g/mol. The summed E-state index contributed by atoms with van der Waals surface area (Å²) in [6.07, 6.45) is 8.50. The number of aliphatic hydroxyl groups excluding tert-OH is 1. The van der Waals surface area contributed by atoms with Gasteiger partial charge in [-0.05, 0) is 161 Å². The number of methoxy groups -OCH3 is 1. The average molecular weight is 939 g/mol. The molecule has 12 heteroatoms. The second-order valence-electron chi connectivity index (χ2n) is 19.6. The summed E-state index contributed by atoms with van der Waals surface area (Å²) in [4.78, 5) is 47.6. The van der Waals surface area contributed by atoms with Crippen LogP contribution in [0.2, 0.25) is 0 Å². The smallest absolute Gasteiger partial charge is 0.254 e. The highest BCUT2D eigenvalue weighted by Crippen LogP contribution is 2.34. The number of ether oxygens (including phenoxy) is 1. The normalized spacial score (nSPS) is 18.1. The molecule has 0 spiro atoms. The number of rotatable bonds is 7. The van der Waals surface area contributed by atoms with Crippen LogP contribution >= 0.6 is 0 Å². The zero-order valence-electron chi connectivity index (χ0n) is 40.5. The Morgan fingerprint density at radius 3 is 1.44 bits per heavy atom. The van der Waals surface area contributed by atoms with Gasteiger partial charge in [-0.1, -0.05) is 43.8 Å². The summed E-state index contributed by atoms with van der Waals surface area (Å²) in [6.45, 7) is 11.1. The lowest BCUT2D eigenvalue weighted by atomic mass is 9.88. The summed E-state index contributed by atoms with van der Waals surface area (Å²) >= 11 is 0. The van der Waals surface area contributed by atoms with Gasteiger partial charge in [0.05, 0.1) is 46.9 Å². The highest BCUT2D eigenvalue weighted by Gasteiger charge is 2.30. The van der Waals surface area contributed by atoms with Crippen molar-refractivity contribution >= 4 is 11.8 Å². The number of aromatic nitrogens is 4. The summed E-state index contributed by atoms with van der Waals surface area (Å²) in [6, 6.07) is 28.2. The quantitative estimate of drug-likeness (QED) is 0.142. The number of likely N-dealkylation sites (tertiary alicyclic amines) is 2. The van der Waals surface area contributed by atoms with Crippen LogP contribution in [0.25, 0.3) is 22.8 Å². The van der Waals surface area contributed by atoms with Crippen molar-refractivity contribution in [2.24, 2.45) is 0 Å². The van der Waals surface area contributed by atoms with Crippen LogP contribution in [0.3, 0.4) is 0 Å². The van der Waals surface area contributed by atoms with E-state index in [1.807, 2.05) is 72.2 Å². The van der Waals surface area contributed by atoms with Gasteiger partial charge >= 0.3 is 0 Å². The SMILES string of the molecule is C.COC1CCc2nc(-c3cc(C(=O)N4CCC(c5ccc(C#N)cc5)CC4)c(C)cc3C)[nH]c2C1.Cc1cc(C)c(-c2nc3c([nH]2)CC(O)CC3)cc1C(=O)N1CCC(c2ccc(C#N)cc2)CC1. The molecule has 2 aliphatic heterocycles. The van der Waals surface area contributed by atoms with Crippen molar-refractivity contribution in [1.82, 2.24) is 29.7 Å². The molecule has 362 valence electrons. The van der Waals surface area contributed by atoms with Gasteiger partial charge in [0.1, 0.15) is 11.6 Å². The van der Waals surface area contributed by atoms with Gasteiger partial charge < -0.3 is 29.6 Å². The molecule has 2 amide bonds. The minimum atomic E-state index is -0.315. The summed E-state index contributed by atoms with van der Waals surface area (Å²) < 4.78 is 5.56. The second kappa shape index (κ2) is 21.4. The molecule has 2 aliphatic carbocycles. The van der Waals surface area contributed by atoms with Crippen LogP contribution in [0, 0.1) is 50.4 Å². The minimum absolute atomic E-state index is 0. The molecule has 2 saturated heterocycles. The number of nitrogens with zero attached hydrogens (tertiary/aromatic N) is 6. The first-order chi connectivity index (χ1) is 33.4. The molecule has 0 saturated carbocycles. The minimum Gasteiger partial charge on any atom is -0.393 e. The first-order valence-electron chi connectivity index (χ1n) is 24.6. The predicted molar refractivity (Wildman–Crippen MR) is 273 cm³/mol. The molecule has 2 unspecified atom stereocenters. The van der Waals surface area contributed by atoms with Crippen LogP contribution in [0.4, 0.5) is 0 Å². The topological polar surface area (TPSA) is 175 Å². The number of H-pyrrole nitrogens is 2. The average Bonchev–Trinajstić information content (AvgIpc) is 4.00. The van der Waals surface area contributed by atoms with Crippen molar-refractivity contribution in [1.29, 1.82) is 10.5 Å². The van der Waals surface area contributed by atoms with E-state index in [-0.39, 0.29) is 31.4 Å². The van der Waals surface area contributed by atoms with Gasteiger partial charge in [0.25, 0.3) is 11.8 Å². The Bertz CT molecular complexity index is 2940. The Kier molecular flexibility index (Phi) is 15.2. The molecule has 10 rings (SSSR count). The van der Waals surface area contributed by atoms with E-state index in [2.05, 4.69) is 60.2 Å². The number of hydrogen-bond donors (Lipinski definition) is 3. The fourth-order valence-corrected chi connectivity index (χ4v) is 10.9. The molecule has 6 aromatic rings. The van der Waals surface area contributed by atoms with Crippen molar-refractivity contribution in [2.45, 2.75) is 123 Å². The van der Waals surface area contributed by atoms with Gasteiger partial charge in [-0.3, -0.25) is 9.59 Å². The highest BCUT2D eigenvalue weighted by molar-refractivity contribution is 5.98. The number of nitriles is 2. The van der Waals surface area contributed by atoms with Crippen molar-refractivity contribution in [2.75, 3.05) is 33.3 Å². The standard InChI is InChI=1S/C29H32N4O2.C28H30N4O2.CH4/c1-18-14-19(2)25(16-24(18)28-31-26-9-8-23(35-3)15-27(26)32-28)29(34)33-12-10-22(11-13-33)21-6-4-20(17-30)5-7-21;1-17-13-18(2)24(15-23(17)27-30-25-8-7-22(33)14-26(25)31-27)28(34)32-11-9-21(10-12-32)20-5-3-19(16-29)4-6-20;/h4-7,14,16,22-23H,8-13,15H2,1-3H3,(H,31,32);3-6,13,15,21-22,33H,7-12,14H2,1-2H3,(H,30,31);1H4. The number of imidazole rings is 2. The first-order valence-corrected chi connectivity index (χ1v) is 24.6. The summed E-state index contributed by atoms with van der Waals surface area (Å²) in [5.41, 5.74) is 15.8. The van der Waals surface area contributed by atoms with Crippen LogP contribution in [0.5, 0.6) is 0 Å². The molecule has 0 bridgehead atoms. The van der Waals surface area contributed by atoms with E-state index in [1.54, 1.807) is 7.11 Å². The van der Waals surface area contributed by atoms with Crippen LogP contribution in [-0.4, -0.2) is 92.2 Å².